The molecule has 2 aromatic rings. The molecule has 10 nitrogen and oxygen atoms in total. The molecule has 1 N–H and O–H groups in total. The first kappa shape index (κ1) is 34.7. The van der Waals surface area contributed by atoms with Gasteiger partial charge in [-0.05, 0) is 54.0 Å². The van der Waals surface area contributed by atoms with Crippen LogP contribution in [0.1, 0.15) is 55.7 Å². The zero-order chi connectivity index (χ0) is 31.9. The number of hydrogen-bond donors (Lipinski definition) is 1. The van der Waals surface area contributed by atoms with Gasteiger partial charge in [0, 0.05) is 38.8 Å². The van der Waals surface area contributed by atoms with E-state index in [1.807, 2.05) is 42.5 Å². The number of alkyl carbamates (subject to hydrolysis) is 1. The Morgan fingerprint density at radius 1 is 0.889 bits per heavy atom. The minimum Gasteiger partial charge on any atom is -0.445 e. The van der Waals surface area contributed by atoms with Gasteiger partial charge in [0.25, 0.3) is 0 Å². The molecule has 0 heterocycles. The van der Waals surface area contributed by atoms with Gasteiger partial charge in [-0.1, -0.05) is 62.6 Å². The van der Waals surface area contributed by atoms with Gasteiger partial charge < -0.3 is 38.6 Å². The van der Waals surface area contributed by atoms with Crippen LogP contribution in [0.15, 0.2) is 48.5 Å². The van der Waals surface area contributed by atoms with E-state index in [4.69, 9.17) is 28.4 Å². The molecule has 0 radical (unpaired) electrons. The Kier molecular flexibility index (Phi) is 13.9. The van der Waals surface area contributed by atoms with Gasteiger partial charge in [0.05, 0.1) is 39.6 Å². The number of hydrogen-bond acceptors (Lipinski definition) is 8. The topological polar surface area (TPSA) is 105 Å². The quantitative estimate of drug-likeness (QED) is 0.244. The van der Waals surface area contributed by atoms with Crippen molar-refractivity contribution in [1.29, 1.82) is 0 Å². The summed E-state index contributed by atoms with van der Waals surface area (Å²) < 4.78 is 32.9. The second-order valence-corrected chi connectivity index (χ2v) is 12.0. The predicted octanol–water partition coefficient (Wildman–Crippen LogP) is 5.50. The molecule has 4 rings (SSSR count). The molecule has 2 aromatic carbocycles. The van der Waals surface area contributed by atoms with Crippen molar-refractivity contribution < 1.29 is 38.0 Å². The fraction of sp³-hybridized carbons (Fsp3) is 0.600. The van der Waals surface area contributed by atoms with Crippen LogP contribution < -0.4 is 10.1 Å². The molecule has 45 heavy (non-hydrogen) atoms. The number of fused-ring (bicyclic) bond motifs is 4. The lowest BCUT2D eigenvalue weighted by atomic mass is 9.59. The number of amides is 2. The van der Waals surface area contributed by atoms with Crippen molar-refractivity contribution >= 4 is 12.2 Å². The molecule has 2 bridgehead atoms. The van der Waals surface area contributed by atoms with Gasteiger partial charge >= 0.3 is 12.2 Å². The zero-order valence-electron chi connectivity index (χ0n) is 27.1. The lowest BCUT2D eigenvalue weighted by Gasteiger charge is -2.49. The van der Waals surface area contributed by atoms with Crippen LogP contribution in [0, 0.1) is 5.92 Å². The SMILES string of the molecule is COCCOCCN(CCOCCOC)C(=O)Oc1ccc2c(c1)[C@@]1(C)CCCCC[C@@H](C2)[C@@H]1NC(=O)OCc1ccccc1. The molecule has 1 fully saturated rings. The van der Waals surface area contributed by atoms with Crippen LogP contribution in [0.2, 0.25) is 0 Å². The van der Waals surface area contributed by atoms with Gasteiger partial charge in [-0.3, -0.25) is 0 Å². The lowest BCUT2D eigenvalue weighted by Crippen LogP contribution is -2.57. The van der Waals surface area contributed by atoms with Gasteiger partial charge in [-0.15, -0.1) is 0 Å². The summed E-state index contributed by atoms with van der Waals surface area (Å²) in [7, 11) is 3.24. The van der Waals surface area contributed by atoms with Crippen LogP contribution >= 0.6 is 0 Å². The van der Waals surface area contributed by atoms with Crippen molar-refractivity contribution in [2.24, 2.45) is 5.92 Å². The highest BCUT2D eigenvalue weighted by atomic mass is 16.6. The molecule has 248 valence electrons. The summed E-state index contributed by atoms with van der Waals surface area (Å²) in [5, 5.41) is 3.27. The molecule has 0 spiro atoms. The minimum atomic E-state index is -0.462. The van der Waals surface area contributed by atoms with Crippen molar-refractivity contribution in [1.82, 2.24) is 10.2 Å². The molecule has 0 unspecified atom stereocenters. The van der Waals surface area contributed by atoms with Crippen molar-refractivity contribution in [3.63, 3.8) is 0 Å². The molecular weight excluding hydrogens is 576 g/mol. The third-order valence-electron chi connectivity index (χ3n) is 8.93. The van der Waals surface area contributed by atoms with Crippen LogP contribution in [0.5, 0.6) is 5.75 Å². The van der Waals surface area contributed by atoms with E-state index in [2.05, 4.69) is 18.3 Å². The minimum absolute atomic E-state index is 0.0930. The monoisotopic (exact) mass is 626 g/mol. The van der Waals surface area contributed by atoms with Gasteiger partial charge in [-0.2, -0.15) is 0 Å². The van der Waals surface area contributed by atoms with E-state index in [9.17, 15) is 9.59 Å². The van der Waals surface area contributed by atoms with Crippen molar-refractivity contribution in [3.8, 4) is 5.75 Å². The van der Waals surface area contributed by atoms with Gasteiger partial charge in [0.15, 0.2) is 0 Å². The number of rotatable bonds is 16. The average molecular weight is 627 g/mol. The normalized spacial score (nSPS) is 20.8. The Hall–Kier alpha value is -3.18. The maximum absolute atomic E-state index is 13.4. The first-order valence-corrected chi connectivity index (χ1v) is 16.2. The molecule has 2 aliphatic carbocycles. The Morgan fingerprint density at radius 3 is 2.29 bits per heavy atom. The van der Waals surface area contributed by atoms with E-state index < -0.39 is 12.2 Å². The summed E-state index contributed by atoms with van der Waals surface area (Å²) in [6, 6.07) is 15.6. The molecule has 10 heteroatoms. The van der Waals surface area contributed by atoms with Crippen molar-refractivity contribution in [3.05, 3.63) is 65.2 Å². The zero-order valence-corrected chi connectivity index (χ0v) is 27.1. The summed E-state index contributed by atoms with van der Waals surface area (Å²) in [5.74, 6) is 0.781. The van der Waals surface area contributed by atoms with Gasteiger partial charge in [-0.25, -0.2) is 9.59 Å². The average Bonchev–Trinajstić information content (AvgIpc) is 3.04. The Labute approximate surface area is 267 Å². The number of nitrogens with one attached hydrogen (secondary N) is 1. The third-order valence-corrected chi connectivity index (χ3v) is 8.93. The second-order valence-electron chi connectivity index (χ2n) is 12.0. The summed E-state index contributed by atoms with van der Waals surface area (Å²) >= 11 is 0. The van der Waals surface area contributed by atoms with E-state index in [0.29, 0.717) is 64.4 Å². The Balaban J connectivity index is 1.47. The summed E-state index contributed by atoms with van der Waals surface area (Å²) in [5.41, 5.74) is 2.98. The van der Waals surface area contributed by atoms with E-state index in [0.717, 1.165) is 49.7 Å². The second kappa shape index (κ2) is 18.1. The number of ether oxygens (including phenoxy) is 6. The number of benzene rings is 2. The molecule has 0 aromatic heterocycles. The van der Waals surface area contributed by atoms with Crippen LogP contribution in [0.3, 0.4) is 0 Å². The third kappa shape index (κ3) is 10.2. The van der Waals surface area contributed by atoms with Gasteiger partial charge in [0.1, 0.15) is 12.4 Å². The predicted molar refractivity (Wildman–Crippen MR) is 171 cm³/mol. The molecule has 2 amide bonds. The molecule has 1 saturated carbocycles. The molecule has 2 aliphatic rings. The van der Waals surface area contributed by atoms with E-state index >= 15 is 0 Å². The highest BCUT2D eigenvalue weighted by Crippen LogP contribution is 2.47. The highest BCUT2D eigenvalue weighted by Gasteiger charge is 2.47. The fourth-order valence-corrected chi connectivity index (χ4v) is 6.52. The van der Waals surface area contributed by atoms with E-state index in [-0.39, 0.29) is 18.1 Å². The molecule has 3 atom stereocenters. The number of methoxy groups -OCH3 is 2. The summed E-state index contributed by atoms with van der Waals surface area (Å²) in [4.78, 5) is 28.1. The number of nitrogens with zero attached hydrogens (tertiary/aromatic N) is 1. The Morgan fingerprint density at radius 2 is 1.60 bits per heavy atom. The molecule has 0 aliphatic heterocycles. The van der Waals surface area contributed by atoms with Crippen LogP contribution in [-0.2, 0) is 42.1 Å². The van der Waals surface area contributed by atoms with Crippen LogP contribution in [-0.4, -0.2) is 90.1 Å². The highest BCUT2D eigenvalue weighted by molar-refractivity contribution is 5.71. The summed E-state index contributed by atoms with van der Waals surface area (Å²) in [6.45, 7) is 5.75. The van der Waals surface area contributed by atoms with Crippen molar-refractivity contribution in [2.75, 3.05) is 67.0 Å². The van der Waals surface area contributed by atoms with Gasteiger partial charge in [0.2, 0.25) is 0 Å². The van der Waals surface area contributed by atoms with Crippen LogP contribution in [0.4, 0.5) is 9.59 Å². The van der Waals surface area contributed by atoms with Crippen LogP contribution in [0.25, 0.3) is 0 Å². The molecular formula is C35H50N2O8. The molecule has 0 saturated heterocycles. The first-order valence-electron chi connectivity index (χ1n) is 16.2. The first-order chi connectivity index (χ1) is 21.9. The Bertz CT molecular complexity index is 1180. The summed E-state index contributed by atoms with van der Waals surface area (Å²) in [6.07, 6.45) is 5.32. The lowest BCUT2D eigenvalue weighted by molar-refractivity contribution is 0.0400. The standard InChI is InChI=1S/C35H50N2O8/c1-35-15-9-5-8-12-29(32(35)36-33(38)44-26-27-10-6-4-7-11-27)24-28-13-14-30(25-31(28)35)45-34(39)37(16-18-42-22-20-40-2)17-19-43-23-21-41-3/h4,6-7,10-11,13-14,25,29,32H,5,8-9,12,15-24,26H2,1-3H3,(H,36,38)/t29-,32-,35+/m0/s1. The fourth-order valence-electron chi connectivity index (χ4n) is 6.52. The largest absolute Gasteiger partial charge is 0.445 e. The van der Waals surface area contributed by atoms with E-state index in [1.165, 1.54) is 5.56 Å². The van der Waals surface area contributed by atoms with Crippen molar-refractivity contribution in [2.45, 2.75) is 63.5 Å². The van der Waals surface area contributed by atoms with E-state index in [1.54, 1.807) is 19.1 Å². The maximum Gasteiger partial charge on any atom is 0.415 e. The maximum atomic E-state index is 13.4. The number of carbonyl (C=O) groups is 2. The number of carbonyl (C=O) groups excluding carboxylic acids is 2. The smallest absolute Gasteiger partial charge is 0.415 e.